The number of rotatable bonds is 6. The molecule has 2 rings (SSSR count). The number of likely N-dealkylation sites (tertiary alicyclic amines) is 1. The number of carbonyl (C=O) groups is 3. The minimum atomic E-state index is -1.27. The lowest BCUT2D eigenvalue weighted by Gasteiger charge is -2.44. The maximum atomic E-state index is 12.8. The molecule has 8 heteroatoms. The van der Waals surface area contributed by atoms with Gasteiger partial charge in [-0.2, -0.15) is 0 Å². The molecule has 1 aliphatic rings. The van der Waals surface area contributed by atoms with Gasteiger partial charge in [0.25, 0.3) is 0 Å². The second kappa shape index (κ2) is 8.95. The Labute approximate surface area is 164 Å². The number of carboxylic acid groups (broad SMARTS) is 2. The van der Waals surface area contributed by atoms with Crippen LogP contribution < -0.4 is 0 Å². The molecule has 1 aromatic carbocycles. The molecule has 1 fully saturated rings. The van der Waals surface area contributed by atoms with Crippen LogP contribution >= 0.6 is 0 Å². The molecular formula is C20H28N2O6. The smallest absolute Gasteiger partial charge is 0.410 e. The zero-order valence-corrected chi connectivity index (χ0v) is 16.5. The molecule has 154 valence electrons. The molecule has 0 aliphatic carbocycles. The van der Waals surface area contributed by atoms with E-state index in [1.165, 1.54) is 11.8 Å². The summed E-state index contributed by atoms with van der Waals surface area (Å²) in [4.78, 5) is 38.6. The first-order valence-electron chi connectivity index (χ1n) is 9.31. The molecule has 0 saturated carbocycles. The third kappa shape index (κ3) is 5.37. The van der Waals surface area contributed by atoms with Crippen molar-refractivity contribution >= 4 is 18.2 Å². The Hall–Kier alpha value is -2.77. The molecule has 8 nitrogen and oxygen atoms in total. The number of carbonyl (C=O) groups excluding carboxylic acids is 1. The van der Waals surface area contributed by atoms with Gasteiger partial charge in [-0.1, -0.05) is 44.2 Å². The Kier molecular flexibility index (Phi) is 6.88. The fourth-order valence-corrected chi connectivity index (χ4v) is 3.47. The minimum Gasteiger partial charge on any atom is -0.481 e. The number of aliphatic carboxylic acids is 1. The Morgan fingerprint density at radius 3 is 2.43 bits per heavy atom. The first kappa shape index (κ1) is 21.5. The molecule has 1 aliphatic heterocycles. The molecule has 2 atom stereocenters. The van der Waals surface area contributed by atoms with Crippen molar-refractivity contribution in [1.82, 2.24) is 9.80 Å². The first-order chi connectivity index (χ1) is 13.1. The van der Waals surface area contributed by atoms with Gasteiger partial charge in [0.1, 0.15) is 6.61 Å². The molecule has 2 N–H and O–H groups in total. The van der Waals surface area contributed by atoms with Gasteiger partial charge in [-0.3, -0.25) is 4.79 Å². The van der Waals surface area contributed by atoms with E-state index in [2.05, 4.69) is 0 Å². The van der Waals surface area contributed by atoms with Crippen molar-refractivity contribution in [2.75, 3.05) is 19.6 Å². The lowest BCUT2D eigenvalue weighted by atomic mass is 9.79. The first-order valence-corrected chi connectivity index (χ1v) is 9.31. The summed E-state index contributed by atoms with van der Waals surface area (Å²) in [5.41, 5.74) is -0.428. The summed E-state index contributed by atoms with van der Waals surface area (Å²) in [6.07, 6.45) is -1.60. The van der Waals surface area contributed by atoms with E-state index >= 15 is 0 Å². The van der Waals surface area contributed by atoms with Crippen LogP contribution in [0, 0.1) is 11.3 Å². The van der Waals surface area contributed by atoms with Gasteiger partial charge in [0.05, 0.1) is 11.5 Å². The fraction of sp³-hybridized carbons (Fsp3) is 0.550. The van der Waals surface area contributed by atoms with Crippen LogP contribution in [-0.2, 0) is 16.1 Å². The number of amides is 2. The lowest BCUT2D eigenvalue weighted by molar-refractivity contribution is -0.152. The maximum Gasteiger partial charge on any atom is 0.410 e. The van der Waals surface area contributed by atoms with Crippen LogP contribution in [0.25, 0.3) is 0 Å². The highest BCUT2D eigenvalue weighted by molar-refractivity contribution is 5.77. The quantitative estimate of drug-likeness (QED) is 0.770. The molecule has 0 spiro atoms. The molecule has 1 aromatic rings. The van der Waals surface area contributed by atoms with Crippen molar-refractivity contribution < 1.29 is 29.3 Å². The van der Waals surface area contributed by atoms with Crippen molar-refractivity contribution in [1.29, 1.82) is 0 Å². The van der Waals surface area contributed by atoms with Crippen molar-refractivity contribution in [3.8, 4) is 0 Å². The lowest BCUT2D eigenvalue weighted by Crippen LogP contribution is -2.59. The van der Waals surface area contributed by atoms with Gasteiger partial charge in [0.15, 0.2) is 0 Å². The molecule has 0 bridgehead atoms. The van der Waals surface area contributed by atoms with Crippen LogP contribution in [0.1, 0.15) is 32.8 Å². The summed E-state index contributed by atoms with van der Waals surface area (Å²) in [7, 11) is 0. The van der Waals surface area contributed by atoms with E-state index in [1.807, 2.05) is 44.2 Å². The summed E-state index contributed by atoms with van der Waals surface area (Å²) < 4.78 is 5.44. The monoisotopic (exact) mass is 392 g/mol. The van der Waals surface area contributed by atoms with Crippen molar-refractivity contribution in [2.24, 2.45) is 11.3 Å². The number of hydrogen-bond acceptors (Lipinski definition) is 4. The zero-order chi connectivity index (χ0) is 20.9. The molecule has 1 heterocycles. The average Bonchev–Trinajstić information content (AvgIpc) is 2.64. The Balaban J connectivity index is 2.20. The zero-order valence-electron chi connectivity index (χ0n) is 16.5. The topological polar surface area (TPSA) is 107 Å². The van der Waals surface area contributed by atoms with E-state index in [1.54, 1.807) is 0 Å². The molecule has 0 radical (unpaired) electrons. The molecule has 1 unspecified atom stereocenters. The predicted molar refractivity (Wildman–Crippen MR) is 102 cm³/mol. The number of piperidine rings is 1. The number of ether oxygens (including phenoxy) is 1. The highest BCUT2D eigenvalue weighted by Gasteiger charge is 2.46. The van der Waals surface area contributed by atoms with Crippen LogP contribution in [-0.4, -0.2) is 63.8 Å². The van der Waals surface area contributed by atoms with Crippen molar-refractivity contribution in [2.45, 2.75) is 39.8 Å². The van der Waals surface area contributed by atoms with E-state index in [0.717, 1.165) is 10.5 Å². The van der Waals surface area contributed by atoms with Gasteiger partial charge in [-0.15, -0.1) is 0 Å². The van der Waals surface area contributed by atoms with Crippen molar-refractivity contribution in [3.63, 3.8) is 0 Å². The number of benzene rings is 1. The van der Waals surface area contributed by atoms with Crippen LogP contribution in [0.15, 0.2) is 30.3 Å². The predicted octanol–water partition coefficient (Wildman–Crippen LogP) is 3.12. The second-order valence-corrected chi connectivity index (χ2v) is 7.97. The molecule has 2 amide bonds. The van der Waals surface area contributed by atoms with Gasteiger partial charge in [-0.25, -0.2) is 9.59 Å². The van der Waals surface area contributed by atoms with Crippen molar-refractivity contribution in [3.05, 3.63) is 35.9 Å². The van der Waals surface area contributed by atoms with E-state index in [9.17, 15) is 24.6 Å². The summed E-state index contributed by atoms with van der Waals surface area (Å²) in [6, 6.07) is 8.67. The van der Waals surface area contributed by atoms with Gasteiger partial charge < -0.3 is 24.7 Å². The number of nitrogens with zero attached hydrogens (tertiary/aromatic N) is 2. The van der Waals surface area contributed by atoms with Gasteiger partial charge in [-0.05, 0) is 24.8 Å². The minimum absolute atomic E-state index is 0.0609. The summed E-state index contributed by atoms with van der Waals surface area (Å²) in [5.74, 6) is -0.967. The standard InChI is InChI=1S/C20H28N2O6/c1-14(2)10-22(19(27)28-12-15-7-5-4-6-8-15)16-9-20(3,17(23)24)13-21(11-16)18(25)26/h4-8,14,16H,9-13H2,1-3H3,(H,23,24)(H,25,26)/t16-,20?/m0/s1. The van der Waals surface area contributed by atoms with Gasteiger partial charge in [0, 0.05) is 19.6 Å². The Morgan fingerprint density at radius 2 is 1.89 bits per heavy atom. The molecule has 0 aromatic heterocycles. The van der Waals surface area contributed by atoms with Gasteiger partial charge in [0.2, 0.25) is 0 Å². The Bertz CT molecular complexity index is 708. The summed E-state index contributed by atoms with van der Waals surface area (Å²) in [6.45, 7) is 5.78. The molecule has 28 heavy (non-hydrogen) atoms. The van der Waals surface area contributed by atoms with Crippen LogP contribution in [0.4, 0.5) is 9.59 Å². The van der Waals surface area contributed by atoms with E-state index in [4.69, 9.17) is 4.74 Å². The number of hydrogen-bond donors (Lipinski definition) is 2. The average molecular weight is 392 g/mol. The maximum absolute atomic E-state index is 12.8. The number of carboxylic acids is 1. The summed E-state index contributed by atoms with van der Waals surface area (Å²) in [5, 5.41) is 19.0. The van der Waals surface area contributed by atoms with Crippen LogP contribution in [0.5, 0.6) is 0 Å². The third-order valence-electron chi connectivity index (χ3n) is 4.89. The van der Waals surface area contributed by atoms with E-state index in [0.29, 0.717) is 6.54 Å². The summed E-state index contributed by atoms with van der Waals surface area (Å²) >= 11 is 0. The second-order valence-electron chi connectivity index (χ2n) is 7.97. The van der Waals surface area contributed by atoms with Crippen LogP contribution in [0.2, 0.25) is 0 Å². The molecule has 1 saturated heterocycles. The third-order valence-corrected chi connectivity index (χ3v) is 4.89. The SMILES string of the molecule is CC(C)CN(C(=O)OCc1ccccc1)[C@@H]1CN(C(=O)O)CC(C)(C(=O)O)C1. The van der Waals surface area contributed by atoms with Crippen LogP contribution in [0.3, 0.4) is 0 Å². The highest BCUT2D eigenvalue weighted by Crippen LogP contribution is 2.33. The highest BCUT2D eigenvalue weighted by atomic mass is 16.6. The Morgan fingerprint density at radius 1 is 1.25 bits per heavy atom. The molecular weight excluding hydrogens is 364 g/mol. The van der Waals surface area contributed by atoms with Gasteiger partial charge >= 0.3 is 18.2 Å². The van der Waals surface area contributed by atoms with E-state index < -0.39 is 29.6 Å². The fourth-order valence-electron chi connectivity index (χ4n) is 3.47. The van der Waals surface area contributed by atoms with E-state index in [-0.39, 0.29) is 32.0 Å². The normalized spacial score (nSPS) is 22.0. The largest absolute Gasteiger partial charge is 0.481 e.